The lowest BCUT2D eigenvalue weighted by Gasteiger charge is -2.40. The highest BCUT2D eigenvalue weighted by molar-refractivity contribution is 6.31. The second-order valence-corrected chi connectivity index (χ2v) is 12.0. The van der Waals surface area contributed by atoms with Crippen molar-refractivity contribution >= 4 is 40.8 Å². The van der Waals surface area contributed by atoms with Crippen LogP contribution in [0.4, 0.5) is 14.5 Å². The number of nitrogens with one attached hydrogen (secondary N) is 2. The van der Waals surface area contributed by atoms with Gasteiger partial charge in [0.2, 0.25) is 5.91 Å². The lowest BCUT2D eigenvalue weighted by Crippen LogP contribution is -2.52. The number of halogens is 4. The second-order valence-electron chi connectivity index (χ2n) is 11.2. The molecule has 0 unspecified atom stereocenters. The number of nitrogens with two attached hydrogens (primary N) is 1. The van der Waals surface area contributed by atoms with E-state index >= 15 is 8.78 Å². The van der Waals surface area contributed by atoms with Gasteiger partial charge in [-0.05, 0) is 59.9 Å². The molecule has 0 aliphatic carbocycles. The minimum Gasteiger partial charge on any atom is -0.465 e. The summed E-state index contributed by atoms with van der Waals surface area (Å²) in [6, 6.07) is 13.0. The first-order valence-corrected chi connectivity index (χ1v) is 13.5. The number of amides is 1. The fraction of sp³-hybridized carbons (Fsp3) is 0.333. The van der Waals surface area contributed by atoms with Crippen molar-refractivity contribution in [2.24, 2.45) is 11.1 Å². The van der Waals surface area contributed by atoms with Crippen LogP contribution in [0, 0.1) is 17.0 Å². The molecule has 10 heteroatoms. The van der Waals surface area contributed by atoms with Crippen LogP contribution in [0.2, 0.25) is 10.0 Å². The van der Waals surface area contributed by atoms with Crippen molar-refractivity contribution < 1.29 is 23.1 Å². The van der Waals surface area contributed by atoms with Crippen molar-refractivity contribution in [3.63, 3.8) is 0 Å². The van der Waals surface area contributed by atoms with E-state index in [9.17, 15) is 9.59 Å². The van der Waals surface area contributed by atoms with Crippen LogP contribution in [0.25, 0.3) is 0 Å². The predicted octanol–water partition coefficient (Wildman–Crippen LogP) is 6.41. The molecule has 0 radical (unpaired) electrons. The molecule has 4 N–H and O–H groups in total. The Hall–Kier alpha value is -3.04. The Morgan fingerprint density at radius 2 is 1.75 bits per heavy atom. The first-order chi connectivity index (χ1) is 18.8. The van der Waals surface area contributed by atoms with Crippen molar-refractivity contribution in [3.05, 3.63) is 99.0 Å². The van der Waals surface area contributed by atoms with Crippen molar-refractivity contribution in [1.29, 1.82) is 0 Å². The Morgan fingerprint density at radius 1 is 1.07 bits per heavy atom. The summed E-state index contributed by atoms with van der Waals surface area (Å²) in [5, 5.41) is 6.16. The third kappa shape index (κ3) is 5.86. The molecular formula is C30H31Cl2F2N3O3. The summed E-state index contributed by atoms with van der Waals surface area (Å²) in [7, 11) is 1.27. The second kappa shape index (κ2) is 11.4. The zero-order chi connectivity index (χ0) is 29.4. The number of esters is 1. The molecule has 1 fully saturated rings. The molecule has 1 heterocycles. The normalized spacial score (nSPS) is 22.7. The summed E-state index contributed by atoms with van der Waals surface area (Å²) >= 11 is 12.2. The van der Waals surface area contributed by atoms with Gasteiger partial charge in [-0.25, -0.2) is 13.6 Å². The number of ether oxygens (including phenoxy) is 1. The van der Waals surface area contributed by atoms with E-state index in [0.717, 1.165) is 6.07 Å². The molecule has 6 nitrogen and oxygen atoms in total. The maximum absolute atomic E-state index is 15.7. The number of carbonyl (C=O) groups is 2. The van der Waals surface area contributed by atoms with Gasteiger partial charge in [-0.15, -0.1) is 0 Å². The maximum atomic E-state index is 15.7. The first-order valence-electron chi connectivity index (χ1n) is 12.7. The Bertz CT molecular complexity index is 1430. The highest BCUT2D eigenvalue weighted by Gasteiger charge is 2.58. The number of hydrogen-bond acceptors (Lipinski definition) is 5. The predicted molar refractivity (Wildman–Crippen MR) is 153 cm³/mol. The van der Waals surface area contributed by atoms with E-state index in [4.69, 9.17) is 33.7 Å². The molecule has 212 valence electrons. The van der Waals surface area contributed by atoms with Crippen LogP contribution in [0.1, 0.15) is 54.6 Å². The van der Waals surface area contributed by atoms with Crippen LogP contribution in [0.15, 0.2) is 60.7 Å². The smallest absolute Gasteiger partial charge is 0.337 e. The van der Waals surface area contributed by atoms with Gasteiger partial charge in [0.05, 0.1) is 29.3 Å². The number of hydrogen-bond donors (Lipinski definition) is 3. The third-order valence-electron chi connectivity index (χ3n) is 7.19. The molecule has 1 aliphatic heterocycles. The molecule has 1 saturated heterocycles. The Balaban J connectivity index is 1.85. The van der Waals surface area contributed by atoms with Gasteiger partial charge < -0.3 is 21.1 Å². The van der Waals surface area contributed by atoms with E-state index in [-0.39, 0.29) is 26.6 Å². The lowest BCUT2D eigenvalue weighted by atomic mass is 9.68. The summed E-state index contributed by atoms with van der Waals surface area (Å²) in [6.45, 7) is 6.00. The molecule has 40 heavy (non-hydrogen) atoms. The molecule has 0 bridgehead atoms. The van der Waals surface area contributed by atoms with Gasteiger partial charge in [0.1, 0.15) is 11.6 Å². The zero-order valence-corrected chi connectivity index (χ0v) is 24.0. The average molecular weight is 590 g/mol. The fourth-order valence-electron chi connectivity index (χ4n) is 5.43. The molecule has 1 amide bonds. The van der Waals surface area contributed by atoms with E-state index < -0.39 is 47.1 Å². The van der Waals surface area contributed by atoms with Crippen LogP contribution in [0.5, 0.6) is 0 Å². The SMILES string of the molecule is COC(=O)c1ccc(NC(=O)[C@@H]2N[C@@H](CC(C)(C)C)[C@](N)(c3ccc(Cl)cc3F)[C@H]2c2cccc(Cl)c2F)cc1. The number of methoxy groups -OCH3 is 1. The summed E-state index contributed by atoms with van der Waals surface area (Å²) in [5.74, 6) is -3.51. The van der Waals surface area contributed by atoms with Gasteiger partial charge in [-0.1, -0.05) is 62.2 Å². The highest BCUT2D eigenvalue weighted by atomic mass is 35.5. The molecule has 4 atom stereocenters. The summed E-state index contributed by atoms with van der Waals surface area (Å²) < 4.78 is 36.0. The van der Waals surface area contributed by atoms with Crippen molar-refractivity contribution in [3.8, 4) is 0 Å². The van der Waals surface area contributed by atoms with E-state index in [1.807, 2.05) is 20.8 Å². The van der Waals surface area contributed by atoms with Gasteiger partial charge in [-0.2, -0.15) is 0 Å². The minimum atomic E-state index is -1.58. The lowest BCUT2D eigenvalue weighted by molar-refractivity contribution is -0.118. The Morgan fingerprint density at radius 3 is 2.35 bits per heavy atom. The third-order valence-corrected chi connectivity index (χ3v) is 7.72. The molecule has 3 aromatic rings. The molecule has 0 saturated carbocycles. The van der Waals surface area contributed by atoms with Crippen LogP contribution >= 0.6 is 23.2 Å². The molecule has 0 spiro atoms. The molecular weight excluding hydrogens is 559 g/mol. The number of benzene rings is 3. The van der Waals surface area contributed by atoms with Gasteiger partial charge in [0, 0.05) is 28.2 Å². The van der Waals surface area contributed by atoms with Gasteiger partial charge in [0.15, 0.2) is 0 Å². The van der Waals surface area contributed by atoms with E-state index in [2.05, 4.69) is 10.6 Å². The molecule has 4 rings (SSSR count). The maximum Gasteiger partial charge on any atom is 0.337 e. The summed E-state index contributed by atoms with van der Waals surface area (Å²) in [4.78, 5) is 25.6. The molecule has 3 aromatic carbocycles. The van der Waals surface area contributed by atoms with Crippen LogP contribution in [-0.4, -0.2) is 31.1 Å². The van der Waals surface area contributed by atoms with E-state index in [1.54, 1.807) is 18.2 Å². The fourth-order valence-corrected chi connectivity index (χ4v) is 5.77. The van der Waals surface area contributed by atoms with E-state index in [0.29, 0.717) is 17.7 Å². The quantitative estimate of drug-likeness (QED) is 0.289. The standard InChI is InChI=1S/C30H31Cl2F2N3O3/c1-29(2,3)15-23-30(35,20-13-10-17(31)14-22(20)33)24(19-6-5-7-21(32)25(19)34)26(37-23)27(38)36-18-11-8-16(9-12-18)28(39)40-4/h5-14,23-24,26,37H,15,35H2,1-4H3,(H,36,38)/t23-,24-,26+,30+/m0/s1. The summed E-state index contributed by atoms with van der Waals surface area (Å²) in [5.41, 5.74) is 6.19. The largest absolute Gasteiger partial charge is 0.465 e. The van der Waals surface area contributed by atoms with Crippen molar-refractivity contribution in [2.45, 2.75) is 50.7 Å². The van der Waals surface area contributed by atoms with Gasteiger partial charge >= 0.3 is 5.97 Å². The zero-order valence-electron chi connectivity index (χ0n) is 22.5. The van der Waals surface area contributed by atoms with Gasteiger partial charge in [-0.3, -0.25) is 4.79 Å². The summed E-state index contributed by atoms with van der Waals surface area (Å²) in [6.07, 6.45) is 0.432. The van der Waals surface area contributed by atoms with Crippen molar-refractivity contribution in [2.75, 3.05) is 12.4 Å². The molecule has 0 aromatic heterocycles. The Labute approximate surface area is 242 Å². The van der Waals surface area contributed by atoms with Crippen LogP contribution in [0.3, 0.4) is 0 Å². The van der Waals surface area contributed by atoms with Crippen molar-refractivity contribution in [1.82, 2.24) is 5.32 Å². The Kier molecular flexibility index (Phi) is 8.57. The highest BCUT2D eigenvalue weighted by Crippen LogP contribution is 2.50. The molecule has 1 aliphatic rings. The van der Waals surface area contributed by atoms with E-state index in [1.165, 1.54) is 43.5 Å². The topological polar surface area (TPSA) is 93.4 Å². The van der Waals surface area contributed by atoms with Crippen LogP contribution < -0.4 is 16.4 Å². The number of carbonyl (C=O) groups excluding carboxylic acids is 2. The number of anilines is 1. The van der Waals surface area contributed by atoms with Gasteiger partial charge in [0.25, 0.3) is 0 Å². The monoisotopic (exact) mass is 589 g/mol. The minimum absolute atomic E-state index is 0.0782. The van der Waals surface area contributed by atoms with Crippen LogP contribution in [-0.2, 0) is 15.1 Å². The number of rotatable bonds is 6. The first kappa shape index (κ1) is 29.9. The average Bonchev–Trinajstić information content (AvgIpc) is 3.16.